The minimum Gasteiger partial charge on any atom is -0.360 e. The van der Waals surface area contributed by atoms with Crippen LogP contribution in [0.4, 0.5) is 0 Å². The third-order valence-electron chi connectivity index (χ3n) is 4.99. The minimum atomic E-state index is 0.271. The van der Waals surface area contributed by atoms with E-state index in [2.05, 4.69) is 26.1 Å². The smallest absolute Gasteiger partial charge is 0.157 e. The van der Waals surface area contributed by atoms with Gasteiger partial charge in [0.15, 0.2) is 5.17 Å². The molecule has 1 heterocycles. The fourth-order valence-corrected chi connectivity index (χ4v) is 4.50. The summed E-state index contributed by atoms with van der Waals surface area (Å²) in [5.74, 6) is 2.14. The van der Waals surface area contributed by atoms with Crippen molar-refractivity contribution in [1.29, 1.82) is 0 Å². The van der Waals surface area contributed by atoms with Gasteiger partial charge in [-0.3, -0.25) is 4.99 Å². The van der Waals surface area contributed by atoms with Crippen LogP contribution < -0.4 is 5.32 Å². The monoisotopic (exact) mass is 268 g/mol. The molecule has 1 aliphatic carbocycles. The van der Waals surface area contributed by atoms with Crippen molar-refractivity contribution >= 4 is 16.9 Å². The Bertz CT molecular complexity index is 289. The molecule has 2 atom stereocenters. The average Bonchev–Trinajstić information content (AvgIpc) is 2.45. The quantitative estimate of drug-likeness (QED) is 0.826. The van der Waals surface area contributed by atoms with Crippen LogP contribution in [-0.2, 0) is 0 Å². The number of aliphatic imine (C=N–C) groups is 1. The number of hydrogen-bond donors (Lipinski definition) is 1. The van der Waals surface area contributed by atoms with Crippen LogP contribution >= 0.6 is 11.8 Å². The van der Waals surface area contributed by atoms with E-state index in [1.54, 1.807) is 0 Å². The first-order chi connectivity index (χ1) is 8.73. The molecule has 1 N–H and O–H groups in total. The Morgan fingerprint density at radius 3 is 2.50 bits per heavy atom. The van der Waals surface area contributed by atoms with Crippen LogP contribution in [0.25, 0.3) is 0 Å². The van der Waals surface area contributed by atoms with E-state index in [1.807, 2.05) is 11.8 Å². The molecule has 0 amide bonds. The van der Waals surface area contributed by atoms with Gasteiger partial charge < -0.3 is 5.32 Å². The molecule has 2 rings (SSSR count). The standard InChI is InChI=1S/C15H28N2S/c1-4-15(5-2,6-3)17-14-16-13-10-8-7-9-12(13)11-18-14/h12-13H,4-11H2,1-3H3,(H,16,17). The van der Waals surface area contributed by atoms with Crippen molar-refractivity contribution in [3.8, 4) is 0 Å². The number of hydrogen-bond acceptors (Lipinski definition) is 3. The zero-order chi connectivity index (χ0) is 13.0. The van der Waals surface area contributed by atoms with E-state index >= 15 is 0 Å². The van der Waals surface area contributed by atoms with Gasteiger partial charge in [-0.2, -0.15) is 0 Å². The van der Waals surface area contributed by atoms with Crippen LogP contribution in [0.3, 0.4) is 0 Å². The maximum Gasteiger partial charge on any atom is 0.157 e. The van der Waals surface area contributed by atoms with Crippen molar-refractivity contribution < 1.29 is 0 Å². The van der Waals surface area contributed by atoms with Crippen LogP contribution in [0.5, 0.6) is 0 Å². The molecule has 2 nitrogen and oxygen atoms in total. The molecule has 0 aromatic heterocycles. The molecule has 0 bridgehead atoms. The second kappa shape index (κ2) is 6.31. The van der Waals surface area contributed by atoms with Gasteiger partial charge in [-0.1, -0.05) is 45.4 Å². The number of fused-ring (bicyclic) bond motifs is 1. The van der Waals surface area contributed by atoms with Crippen LogP contribution in [-0.4, -0.2) is 22.5 Å². The van der Waals surface area contributed by atoms with Crippen LogP contribution in [0.2, 0.25) is 0 Å². The third-order valence-corrected chi connectivity index (χ3v) is 6.06. The van der Waals surface area contributed by atoms with Gasteiger partial charge in [-0.05, 0) is 38.0 Å². The van der Waals surface area contributed by atoms with Gasteiger partial charge in [0.1, 0.15) is 0 Å². The predicted molar refractivity (Wildman–Crippen MR) is 82.4 cm³/mol. The Labute approximate surface area is 116 Å². The summed E-state index contributed by atoms with van der Waals surface area (Å²) in [5, 5.41) is 4.99. The molecule has 1 saturated carbocycles. The van der Waals surface area contributed by atoms with Gasteiger partial charge in [0.2, 0.25) is 0 Å². The Morgan fingerprint density at radius 2 is 1.83 bits per heavy atom. The van der Waals surface area contributed by atoms with Gasteiger partial charge in [0, 0.05) is 11.3 Å². The molecule has 0 aromatic rings. The largest absolute Gasteiger partial charge is 0.360 e. The first-order valence-corrected chi connectivity index (χ1v) is 8.70. The van der Waals surface area contributed by atoms with Crippen molar-refractivity contribution in [1.82, 2.24) is 5.32 Å². The molecule has 104 valence electrons. The highest BCUT2D eigenvalue weighted by Crippen LogP contribution is 2.34. The second-order valence-corrected chi connectivity index (χ2v) is 6.83. The van der Waals surface area contributed by atoms with Crippen LogP contribution in [0.1, 0.15) is 65.7 Å². The number of amidine groups is 1. The second-order valence-electron chi connectivity index (χ2n) is 5.82. The van der Waals surface area contributed by atoms with E-state index in [-0.39, 0.29) is 5.54 Å². The van der Waals surface area contributed by atoms with Crippen molar-refractivity contribution in [3.63, 3.8) is 0 Å². The fourth-order valence-electron chi connectivity index (χ4n) is 3.24. The highest BCUT2D eigenvalue weighted by atomic mass is 32.2. The summed E-state index contributed by atoms with van der Waals surface area (Å²) in [5.41, 5.74) is 0.271. The van der Waals surface area contributed by atoms with E-state index < -0.39 is 0 Å². The molecular formula is C15H28N2S. The molecular weight excluding hydrogens is 240 g/mol. The number of thioether (sulfide) groups is 1. The number of nitrogens with one attached hydrogen (secondary N) is 1. The van der Waals surface area contributed by atoms with Crippen molar-refractivity contribution in [2.24, 2.45) is 10.9 Å². The Balaban J connectivity index is 2.03. The molecule has 2 unspecified atom stereocenters. The lowest BCUT2D eigenvalue weighted by atomic mass is 9.86. The highest BCUT2D eigenvalue weighted by molar-refractivity contribution is 8.13. The van der Waals surface area contributed by atoms with Gasteiger partial charge in [-0.25, -0.2) is 0 Å². The Morgan fingerprint density at radius 1 is 1.17 bits per heavy atom. The topological polar surface area (TPSA) is 24.4 Å². The number of rotatable bonds is 4. The summed E-state index contributed by atoms with van der Waals surface area (Å²) in [4.78, 5) is 5.00. The number of nitrogens with zero attached hydrogens (tertiary/aromatic N) is 1. The summed E-state index contributed by atoms with van der Waals surface area (Å²) in [6.45, 7) is 6.87. The van der Waals surface area contributed by atoms with Gasteiger partial charge in [0.05, 0.1) is 6.04 Å². The normalized spacial score (nSPS) is 28.5. The first-order valence-electron chi connectivity index (χ1n) is 7.71. The fraction of sp³-hybridized carbons (Fsp3) is 0.933. The molecule has 3 heteroatoms. The molecule has 2 aliphatic rings. The lowest BCUT2D eigenvalue weighted by molar-refractivity contribution is 0.323. The Hall–Kier alpha value is -0.180. The van der Waals surface area contributed by atoms with E-state index in [4.69, 9.17) is 4.99 Å². The van der Waals surface area contributed by atoms with Gasteiger partial charge in [0.25, 0.3) is 0 Å². The lowest BCUT2D eigenvalue weighted by Gasteiger charge is -2.38. The molecule has 0 radical (unpaired) electrons. The molecule has 0 spiro atoms. The maximum atomic E-state index is 5.00. The van der Waals surface area contributed by atoms with E-state index in [1.165, 1.54) is 55.9 Å². The van der Waals surface area contributed by atoms with Crippen LogP contribution in [0.15, 0.2) is 4.99 Å². The first kappa shape index (κ1) is 14.2. The molecule has 18 heavy (non-hydrogen) atoms. The van der Waals surface area contributed by atoms with E-state index in [0.717, 1.165) is 5.92 Å². The Kier molecular flexibility index (Phi) is 4.99. The van der Waals surface area contributed by atoms with Crippen molar-refractivity contribution in [2.45, 2.75) is 77.3 Å². The van der Waals surface area contributed by atoms with Gasteiger partial charge in [-0.15, -0.1) is 0 Å². The summed E-state index contributed by atoms with van der Waals surface area (Å²) in [7, 11) is 0. The molecule has 0 saturated heterocycles. The minimum absolute atomic E-state index is 0.271. The van der Waals surface area contributed by atoms with E-state index in [0.29, 0.717) is 6.04 Å². The van der Waals surface area contributed by atoms with Crippen molar-refractivity contribution in [3.05, 3.63) is 0 Å². The zero-order valence-corrected chi connectivity index (χ0v) is 13.0. The summed E-state index contributed by atoms with van der Waals surface area (Å²) >= 11 is 1.96. The van der Waals surface area contributed by atoms with Gasteiger partial charge >= 0.3 is 0 Å². The maximum absolute atomic E-state index is 5.00. The SMILES string of the molecule is CCC(CC)(CC)NC1=NC2CCCCC2CS1. The molecule has 1 fully saturated rings. The van der Waals surface area contributed by atoms with Crippen molar-refractivity contribution in [2.75, 3.05) is 5.75 Å². The van der Waals surface area contributed by atoms with E-state index in [9.17, 15) is 0 Å². The highest BCUT2D eigenvalue weighted by Gasteiger charge is 2.32. The third kappa shape index (κ3) is 3.04. The predicted octanol–water partition coefficient (Wildman–Crippen LogP) is 4.21. The zero-order valence-electron chi connectivity index (χ0n) is 12.2. The summed E-state index contributed by atoms with van der Waals surface area (Å²) < 4.78 is 0. The summed E-state index contributed by atoms with van der Waals surface area (Å²) in [6, 6.07) is 0.616. The summed E-state index contributed by atoms with van der Waals surface area (Å²) in [6.07, 6.45) is 9.07. The molecule has 1 aliphatic heterocycles. The van der Waals surface area contributed by atoms with Crippen LogP contribution in [0, 0.1) is 5.92 Å². The lowest BCUT2D eigenvalue weighted by Crippen LogP contribution is -2.48. The molecule has 0 aromatic carbocycles. The average molecular weight is 268 g/mol.